The lowest BCUT2D eigenvalue weighted by molar-refractivity contribution is -0.114. The lowest BCUT2D eigenvalue weighted by Crippen LogP contribution is -2.23. The van der Waals surface area contributed by atoms with Gasteiger partial charge < -0.3 is 10.6 Å². The maximum atomic E-state index is 11.9. The molecule has 2 aromatic heterocycles. The summed E-state index contributed by atoms with van der Waals surface area (Å²) in [4.78, 5) is 23.5. The van der Waals surface area contributed by atoms with Crippen LogP contribution in [0, 0.1) is 6.92 Å². The Balaban J connectivity index is 1.75. The van der Waals surface area contributed by atoms with Gasteiger partial charge in [0.05, 0.1) is 16.1 Å². The summed E-state index contributed by atoms with van der Waals surface area (Å²) in [7, 11) is 0. The molecule has 0 aliphatic rings. The standard InChI is InChI=1S/C14H18N4O2S/c1-9-11(8-16-18-9)4-3-7-15-14(20)12-5-6-13(21-12)17-10(2)19/h5-6,8H,3-4,7H2,1-2H3,(H,15,20)(H,16,18)(H,17,19). The molecule has 21 heavy (non-hydrogen) atoms. The first kappa shape index (κ1) is 15.2. The monoisotopic (exact) mass is 306 g/mol. The Labute approximate surface area is 127 Å². The molecule has 0 saturated heterocycles. The van der Waals surface area contributed by atoms with Gasteiger partial charge in [0, 0.05) is 19.2 Å². The molecule has 2 heterocycles. The molecule has 0 spiro atoms. The zero-order valence-electron chi connectivity index (χ0n) is 12.0. The Morgan fingerprint density at radius 1 is 1.38 bits per heavy atom. The summed E-state index contributed by atoms with van der Waals surface area (Å²) in [6, 6.07) is 3.45. The first-order chi connectivity index (χ1) is 10.1. The summed E-state index contributed by atoms with van der Waals surface area (Å²) in [6.07, 6.45) is 3.55. The maximum Gasteiger partial charge on any atom is 0.261 e. The van der Waals surface area contributed by atoms with Crippen LogP contribution in [0.4, 0.5) is 5.00 Å². The van der Waals surface area contributed by atoms with Crippen LogP contribution in [-0.4, -0.2) is 28.6 Å². The minimum atomic E-state index is -0.140. The van der Waals surface area contributed by atoms with Crippen molar-refractivity contribution in [1.82, 2.24) is 15.5 Å². The van der Waals surface area contributed by atoms with Gasteiger partial charge in [-0.2, -0.15) is 5.10 Å². The first-order valence-electron chi connectivity index (χ1n) is 6.70. The highest BCUT2D eigenvalue weighted by atomic mass is 32.1. The fourth-order valence-electron chi connectivity index (χ4n) is 1.90. The maximum absolute atomic E-state index is 11.9. The number of anilines is 1. The number of nitrogens with one attached hydrogen (secondary N) is 3. The van der Waals surface area contributed by atoms with Crippen LogP contribution < -0.4 is 10.6 Å². The third kappa shape index (κ3) is 4.42. The Hall–Kier alpha value is -2.15. The van der Waals surface area contributed by atoms with Crippen molar-refractivity contribution in [3.63, 3.8) is 0 Å². The summed E-state index contributed by atoms with van der Waals surface area (Å²) in [6.45, 7) is 4.03. The van der Waals surface area contributed by atoms with Crippen molar-refractivity contribution in [2.45, 2.75) is 26.7 Å². The van der Waals surface area contributed by atoms with Gasteiger partial charge in [0.15, 0.2) is 0 Å². The van der Waals surface area contributed by atoms with Crippen LogP contribution in [0.15, 0.2) is 18.3 Å². The minimum absolute atomic E-state index is 0.111. The van der Waals surface area contributed by atoms with Gasteiger partial charge in [-0.25, -0.2) is 0 Å². The van der Waals surface area contributed by atoms with Crippen molar-refractivity contribution in [2.75, 3.05) is 11.9 Å². The van der Waals surface area contributed by atoms with Crippen LogP contribution in [0.5, 0.6) is 0 Å². The molecule has 112 valence electrons. The molecule has 0 saturated carbocycles. The number of carbonyl (C=O) groups excluding carboxylic acids is 2. The second-order valence-electron chi connectivity index (χ2n) is 4.72. The predicted molar refractivity (Wildman–Crippen MR) is 82.6 cm³/mol. The largest absolute Gasteiger partial charge is 0.351 e. The SMILES string of the molecule is CC(=O)Nc1ccc(C(=O)NCCCc2cn[nH]c2C)s1. The highest BCUT2D eigenvalue weighted by Gasteiger charge is 2.09. The molecule has 2 amide bonds. The Morgan fingerprint density at radius 3 is 2.86 bits per heavy atom. The topological polar surface area (TPSA) is 86.9 Å². The molecule has 3 N–H and O–H groups in total. The fourth-order valence-corrected chi connectivity index (χ4v) is 2.76. The van der Waals surface area contributed by atoms with Gasteiger partial charge in [0.1, 0.15) is 0 Å². The third-order valence-corrected chi connectivity index (χ3v) is 3.97. The lowest BCUT2D eigenvalue weighted by atomic mass is 10.1. The van der Waals surface area contributed by atoms with Crippen molar-refractivity contribution < 1.29 is 9.59 Å². The molecular formula is C14H18N4O2S. The van der Waals surface area contributed by atoms with E-state index >= 15 is 0 Å². The molecule has 2 aromatic rings. The van der Waals surface area contributed by atoms with Crippen molar-refractivity contribution in [1.29, 1.82) is 0 Å². The van der Waals surface area contributed by atoms with E-state index < -0.39 is 0 Å². The molecular weight excluding hydrogens is 288 g/mol. The van der Waals surface area contributed by atoms with E-state index in [1.807, 2.05) is 13.1 Å². The average Bonchev–Trinajstić information content (AvgIpc) is 3.03. The summed E-state index contributed by atoms with van der Waals surface area (Å²) >= 11 is 1.27. The van der Waals surface area contributed by atoms with Gasteiger partial charge in [-0.1, -0.05) is 0 Å². The van der Waals surface area contributed by atoms with E-state index in [1.165, 1.54) is 23.8 Å². The Bertz CT molecular complexity index is 632. The smallest absolute Gasteiger partial charge is 0.261 e. The number of carbonyl (C=O) groups is 2. The highest BCUT2D eigenvalue weighted by Crippen LogP contribution is 2.21. The lowest BCUT2D eigenvalue weighted by Gasteiger charge is -2.03. The second kappa shape index (κ2) is 7.03. The number of aryl methyl sites for hydroxylation is 2. The van der Waals surface area contributed by atoms with Crippen LogP contribution in [0.25, 0.3) is 0 Å². The quantitative estimate of drug-likeness (QED) is 0.714. The van der Waals surface area contributed by atoms with E-state index in [4.69, 9.17) is 0 Å². The van der Waals surface area contributed by atoms with Gasteiger partial charge in [0.25, 0.3) is 5.91 Å². The molecule has 6 nitrogen and oxygen atoms in total. The molecule has 0 aliphatic heterocycles. The van der Waals surface area contributed by atoms with Crippen molar-refractivity contribution >= 4 is 28.2 Å². The van der Waals surface area contributed by atoms with E-state index in [2.05, 4.69) is 20.8 Å². The first-order valence-corrected chi connectivity index (χ1v) is 7.52. The van der Waals surface area contributed by atoms with Crippen molar-refractivity contribution in [2.24, 2.45) is 0 Å². The van der Waals surface area contributed by atoms with Gasteiger partial charge in [-0.3, -0.25) is 14.7 Å². The fraction of sp³-hybridized carbons (Fsp3) is 0.357. The van der Waals surface area contributed by atoms with Crippen LogP contribution in [-0.2, 0) is 11.2 Å². The normalized spacial score (nSPS) is 10.4. The van der Waals surface area contributed by atoms with Crippen LogP contribution in [0.1, 0.15) is 34.3 Å². The van der Waals surface area contributed by atoms with Crippen LogP contribution >= 0.6 is 11.3 Å². The molecule has 0 unspecified atom stereocenters. The van der Waals surface area contributed by atoms with Gasteiger partial charge in [0.2, 0.25) is 5.91 Å². The van der Waals surface area contributed by atoms with Crippen LogP contribution in [0.2, 0.25) is 0 Å². The van der Waals surface area contributed by atoms with E-state index in [1.54, 1.807) is 12.1 Å². The molecule has 2 rings (SSSR count). The third-order valence-electron chi connectivity index (χ3n) is 2.97. The molecule has 7 heteroatoms. The number of H-pyrrole nitrogens is 1. The molecule has 0 aliphatic carbocycles. The van der Waals surface area contributed by atoms with E-state index in [0.29, 0.717) is 16.4 Å². The van der Waals surface area contributed by atoms with Crippen LogP contribution in [0.3, 0.4) is 0 Å². The van der Waals surface area contributed by atoms with Crippen molar-refractivity contribution in [3.05, 3.63) is 34.5 Å². The number of aromatic nitrogens is 2. The highest BCUT2D eigenvalue weighted by molar-refractivity contribution is 7.18. The van der Waals surface area contributed by atoms with E-state index in [9.17, 15) is 9.59 Å². The van der Waals surface area contributed by atoms with Gasteiger partial charge in [-0.15, -0.1) is 11.3 Å². The number of thiophene rings is 1. The number of hydrogen-bond acceptors (Lipinski definition) is 4. The van der Waals surface area contributed by atoms with Gasteiger partial charge in [-0.05, 0) is 37.5 Å². The summed E-state index contributed by atoms with van der Waals surface area (Å²) in [5, 5.41) is 13.1. The molecule has 0 atom stereocenters. The summed E-state index contributed by atoms with van der Waals surface area (Å²) in [5.74, 6) is -0.250. The Kier molecular flexibility index (Phi) is 5.10. The number of nitrogens with zero attached hydrogens (tertiary/aromatic N) is 1. The molecule has 0 aromatic carbocycles. The number of amides is 2. The second-order valence-corrected chi connectivity index (χ2v) is 5.81. The zero-order valence-corrected chi connectivity index (χ0v) is 12.8. The Morgan fingerprint density at radius 2 is 2.19 bits per heavy atom. The molecule has 0 fully saturated rings. The average molecular weight is 306 g/mol. The predicted octanol–water partition coefficient (Wildman–Crippen LogP) is 2.10. The van der Waals surface area contributed by atoms with E-state index in [0.717, 1.165) is 18.5 Å². The summed E-state index contributed by atoms with van der Waals surface area (Å²) < 4.78 is 0. The minimum Gasteiger partial charge on any atom is -0.351 e. The molecule has 0 radical (unpaired) electrons. The molecule has 0 bridgehead atoms. The van der Waals surface area contributed by atoms with Crippen molar-refractivity contribution in [3.8, 4) is 0 Å². The summed E-state index contributed by atoms with van der Waals surface area (Å²) in [5.41, 5.74) is 2.24. The number of hydrogen-bond donors (Lipinski definition) is 3. The van der Waals surface area contributed by atoms with E-state index in [-0.39, 0.29) is 11.8 Å². The number of rotatable bonds is 6. The van der Waals surface area contributed by atoms with Gasteiger partial charge >= 0.3 is 0 Å². The zero-order chi connectivity index (χ0) is 15.2. The number of aromatic amines is 1.